The van der Waals surface area contributed by atoms with Crippen LogP contribution in [0, 0.1) is 0 Å². The second kappa shape index (κ2) is 9.14. The van der Waals surface area contributed by atoms with Crippen molar-refractivity contribution in [1.82, 2.24) is 10.2 Å². The standard InChI is InChI=1S/C18H16ClN5O3S2/c19-15-4-2-1-3-13(15)7-10-16(25)22-18-24-23-17(28-18)21-11-12-5-8-14(9-6-12)29(20,26)27/h1-10H,11H2,(H,21,23)(H2,20,26,27)(H,22,24,25). The fraction of sp³-hybridized carbons (Fsp3) is 0.0556. The molecule has 1 amide bonds. The average Bonchev–Trinajstić information content (AvgIpc) is 3.12. The second-order valence-corrected chi connectivity index (χ2v) is 8.75. The van der Waals surface area contributed by atoms with Crippen molar-refractivity contribution in [2.24, 2.45) is 5.14 Å². The van der Waals surface area contributed by atoms with Gasteiger partial charge in [-0.1, -0.05) is 53.3 Å². The summed E-state index contributed by atoms with van der Waals surface area (Å²) in [4.78, 5) is 12.1. The molecule has 0 aliphatic heterocycles. The minimum absolute atomic E-state index is 0.0482. The number of anilines is 2. The van der Waals surface area contributed by atoms with Crippen molar-refractivity contribution in [3.63, 3.8) is 0 Å². The molecule has 0 radical (unpaired) electrons. The summed E-state index contributed by atoms with van der Waals surface area (Å²) >= 11 is 7.21. The van der Waals surface area contributed by atoms with E-state index in [1.165, 1.54) is 29.5 Å². The van der Waals surface area contributed by atoms with Gasteiger partial charge in [-0.15, -0.1) is 10.2 Å². The van der Waals surface area contributed by atoms with Crippen molar-refractivity contribution >= 4 is 55.2 Å². The number of carbonyl (C=O) groups excluding carboxylic acids is 1. The Morgan fingerprint density at radius 2 is 1.79 bits per heavy atom. The molecule has 11 heteroatoms. The number of halogens is 1. The Bertz CT molecular complexity index is 1140. The molecule has 3 aromatic rings. The second-order valence-electron chi connectivity index (χ2n) is 5.80. The minimum atomic E-state index is -3.71. The van der Waals surface area contributed by atoms with E-state index in [0.717, 1.165) is 11.1 Å². The quantitative estimate of drug-likeness (QED) is 0.475. The maximum atomic E-state index is 12.0. The van der Waals surface area contributed by atoms with Crippen molar-refractivity contribution in [3.8, 4) is 0 Å². The molecule has 0 saturated heterocycles. The Kier molecular flexibility index (Phi) is 6.60. The number of nitrogens with one attached hydrogen (secondary N) is 2. The summed E-state index contributed by atoms with van der Waals surface area (Å²) in [5, 5.41) is 20.0. The summed E-state index contributed by atoms with van der Waals surface area (Å²) in [6.07, 6.45) is 2.98. The van der Waals surface area contributed by atoms with E-state index in [0.29, 0.717) is 21.8 Å². The highest BCUT2D eigenvalue weighted by atomic mass is 35.5. The highest BCUT2D eigenvalue weighted by Gasteiger charge is 2.08. The number of aromatic nitrogens is 2. The van der Waals surface area contributed by atoms with Gasteiger partial charge in [0.1, 0.15) is 0 Å². The molecular formula is C18H16ClN5O3S2. The van der Waals surface area contributed by atoms with Crippen molar-refractivity contribution in [2.45, 2.75) is 11.4 Å². The molecule has 1 aromatic heterocycles. The van der Waals surface area contributed by atoms with E-state index in [4.69, 9.17) is 16.7 Å². The molecule has 0 fully saturated rings. The number of rotatable bonds is 7. The first-order valence-corrected chi connectivity index (χ1v) is 11.0. The lowest BCUT2D eigenvalue weighted by atomic mass is 10.2. The first kappa shape index (κ1) is 20.9. The molecule has 0 atom stereocenters. The minimum Gasteiger partial charge on any atom is -0.356 e. The highest BCUT2D eigenvalue weighted by molar-refractivity contribution is 7.89. The predicted octanol–water partition coefficient (Wildman–Crippen LogP) is 3.10. The van der Waals surface area contributed by atoms with Crippen molar-refractivity contribution in [2.75, 3.05) is 10.6 Å². The Balaban J connectivity index is 1.54. The number of sulfonamides is 1. The van der Waals surface area contributed by atoms with E-state index in [-0.39, 0.29) is 10.8 Å². The monoisotopic (exact) mass is 449 g/mol. The number of nitrogens with two attached hydrogens (primary N) is 1. The van der Waals surface area contributed by atoms with Crippen LogP contribution in [-0.2, 0) is 21.4 Å². The Morgan fingerprint density at radius 1 is 1.10 bits per heavy atom. The van der Waals surface area contributed by atoms with Gasteiger partial charge in [0.2, 0.25) is 26.2 Å². The van der Waals surface area contributed by atoms with E-state index >= 15 is 0 Å². The van der Waals surface area contributed by atoms with Crippen LogP contribution in [0.5, 0.6) is 0 Å². The normalized spacial score (nSPS) is 11.5. The van der Waals surface area contributed by atoms with Gasteiger partial charge in [-0.2, -0.15) is 0 Å². The van der Waals surface area contributed by atoms with Crippen molar-refractivity contribution < 1.29 is 13.2 Å². The number of amides is 1. The number of hydrogen-bond donors (Lipinski definition) is 3. The van der Waals surface area contributed by atoms with E-state index in [1.807, 2.05) is 12.1 Å². The van der Waals surface area contributed by atoms with Crippen LogP contribution in [-0.4, -0.2) is 24.5 Å². The zero-order valence-electron chi connectivity index (χ0n) is 14.9. The molecule has 1 heterocycles. The summed E-state index contributed by atoms with van der Waals surface area (Å²) in [5.74, 6) is -0.355. The molecule has 0 aliphatic rings. The summed E-state index contributed by atoms with van der Waals surface area (Å²) in [6.45, 7) is 0.403. The fourth-order valence-electron chi connectivity index (χ4n) is 2.24. The molecule has 0 spiro atoms. The maximum absolute atomic E-state index is 12.0. The molecule has 2 aromatic carbocycles. The van der Waals surface area contributed by atoms with E-state index in [1.54, 1.807) is 30.3 Å². The number of primary sulfonamides is 1. The summed E-state index contributed by atoms with van der Waals surface area (Å²) in [6, 6.07) is 13.3. The van der Waals surface area contributed by atoms with Crippen LogP contribution in [0.2, 0.25) is 5.02 Å². The lowest BCUT2D eigenvalue weighted by molar-refractivity contribution is -0.111. The Morgan fingerprint density at radius 3 is 2.48 bits per heavy atom. The number of nitrogens with zero attached hydrogens (tertiary/aromatic N) is 2. The third kappa shape index (κ3) is 6.09. The molecular weight excluding hydrogens is 434 g/mol. The Labute approximate surface area is 176 Å². The average molecular weight is 450 g/mol. The van der Waals surface area contributed by atoms with Gasteiger partial charge in [-0.05, 0) is 35.4 Å². The lowest BCUT2D eigenvalue weighted by Crippen LogP contribution is -2.12. The molecule has 0 bridgehead atoms. The lowest BCUT2D eigenvalue weighted by Gasteiger charge is -2.03. The van der Waals surface area contributed by atoms with E-state index in [9.17, 15) is 13.2 Å². The molecule has 29 heavy (non-hydrogen) atoms. The van der Waals surface area contributed by atoms with Crippen LogP contribution in [0.15, 0.2) is 59.5 Å². The van der Waals surface area contributed by atoms with Gasteiger partial charge in [0.15, 0.2) is 0 Å². The number of carbonyl (C=O) groups is 1. The molecule has 8 nitrogen and oxygen atoms in total. The largest absolute Gasteiger partial charge is 0.356 e. The maximum Gasteiger partial charge on any atom is 0.250 e. The van der Waals surface area contributed by atoms with Crippen LogP contribution in [0.3, 0.4) is 0 Å². The SMILES string of the molecule is NS(=O)(=O)c1ccc(CNc2nnc(NC(=O)C=Cc3ccccc3Cl)s2)cc1. The zero-order chi connectivity index (χ0) is 20.9. The van der Waals surface area contributed by atoms with Gasteiger partial charge in [0.05, 0.1) is 4.90 Å². The van der Waals surface area contributed by atoms with Gasteiger partial charge >= 0.3 is 0 Å². The van der Waals surface area contributed by atoms with E-state index in [2.05, 4.69) is 20.8 Å². The van der Waals surface area contributed by atoms with Gasteiger partial charge < -0.3 is 5.32 Å². The third-order valence-electron chi connectivity index (χ3n) is 3.67. The summed E-state index contributed by atoms with van der Waals surface area (Å²) < 4.78 is 22.5. The molecule has 0 unspecified atom stereocenters. The van der Waals surface area contributed by atoms with Crippen LogP contribution >= 0.6 is 22.9 Å². The fourth-order valence-corrected chi connectivity index (χ4v) is 3.60. The topological polar surface area (TPSA) is 127 Å². The summed E-state index contributed by atoms with van der Waals surface area (Å²) in [7, 11) is -3.71. The molecule has 0 aliphatic carbocycles. The van der Waals surface area contributed by atoms with Gasteiger partial charge in [-0.25, -0.2) is 13.6 Å². The third-order valence-corrected chi connectivity index (χ3v) is 5.74. The van der Waals surface area contributed by atoms with Crippen molar-refractivity contribution in [1.29, 1.82) is 0 Å². The van der Waals surface area contributed by atoms with Gasteiger partial charge in [0.25, 0.3) is 0 Å². The van der Waals surface area contributed by atoms with E-state index < -0.39 is 10.0 Å². The predicted molar refractivity (Wildman–Crippen MR) is 114 cm³/mol. The smallest absolute Gasteiger partial charge is 0.250 e. The van der Waals surface area contributed by atoms with Crippen LogP contribution in [0.25, 0.3) is 6.08 Å². The van der Waals surface area contributed by atoms with Gasteiger partial charge in [-0.3, -0.25) is 10.1 Å². The molecule has 4 N–H and O–H groups in total. The summed E-state index contributed by atoms with van der Waals surface area (Å²) in [5.41, 5.74) is 1.57. The van der Waals surface area contributed by atoms with Gasteiger partial charge in [0, 0.05) is 17.6 Å². The van der Waals surface area contributed by atoms with Crippen LogP contribution in [0.1, 0.15) is 11.1 Å². The molecule has 0 saturated carbocycles. The molecule has 3 rings (SSSR count). The van der Waals surface area contributed by atoms with Crippen LogP contribution < -0.4 is 15.8 Å². The molecule has 150 valence electrons. The first-order chi connectivity index (χ1) is 13.8. The Hall–Kier alpha value is -2.79. The van der Waals surface area contributed by atoms with Crippen molar-refractivity contribution in [3.05, 3.63) is 70.8 Å². The van der Waals surface area contributed by atoms with Crippen LogP contribution in [0.4, 0.5) is 10.3 Å². The number of benzene rings is 2. The zero-order valence-corrected chi connectivity index (χ0v) is 17.3. The number of hydrogen-bond acceptors (Lipinski definition) is 7. The first-order valence-electron chi connectivity index (χ1n) is 8.24. The highest BCUT2D eigenvalue weighted by Crippen LogP contribution is 2.21.